The number of rotatable bonds is 7. The summed E-state index contributed by atoms with van der Waals surface area (Å²) in [4.78, 5) is 19.6. The van der Waals surface area contributed by atoms with Crippen molar-refractivity contribution in [1.82, 2.24) is 0 Å². The molecule has 4 aromatic rings. The van der Waals surface area contributed by atoms with Gasteiger partial charge in [-0.2, -0.15) is 0 Å². The Bertz CT molecular complexity index is 1140. The van der Waals surface area contributed by atoms with Crippen LogP contribution in [0.15, 0.2) is 118 Å². The lowest BCUT2D eigenvalue weighted by Crippen LogP contribution is -2.20. The largest absolute Gasteiger partial charge is 0.334 e. The third-order valence-electron chi connectivity index (χ3n) is 4.98. The van der Waals surface area contributed by atoms with Crippen LogP contribution >= 0.6 is 0 Å². The van der Waals surface area contributed by atoms with Gasteiger partial charge in [0.2, 0.25) is 0 Å². The fraction of sp³-hybridized carbons (Fsp3) is 0.111. The molecule has 0 aliphatic rings. The summed E-state index contributed by atoms with van der Waals surface area (Å²) in [5.74, 6) is 0.302. The first kappa shape index (κ1) is 20.9. The first-order valence-electron chi connectivity index (χ1n) is 10.3. The molecule has 3 nitrogen and oxygen atoms in total. The van der Waals surface area contributed by atoms with Crippen LogP contribution < -0.4 is 0 Å². The molecule has 0 atom stereocenters. The lowest BCUT2D eigenvalue weighted by molar-refractivity contribution is -0.143. The van der Waals surface area contributed by atoms with E-state index in [1.807, 2.05) is 30.3 Å². The average molecular weight is 427 g/mol. The number of benzene rings is 4. The molecule has 0 saturated carbocycles. The van der Waals surface area contributed by atoms with Gasteiger partial charge >= 0.3 is 5.97 Å². The monoisotopic (exact) mass is 426 g/mol. The topological polar surface area (TPSA) is 38.7 Å². The Balaban J connectivity index is 1.81. The maximum atomic E-state index is 11.9. The van der Waals surface area contributed by atoms with Crippen molar-refractivity contribution in [3.8, 4) is 0 Å². The predicted molar refractivity (Wildman–Crippen MR) is 129 cm³/mol. The quantitative estimate of drug-likeness (QED) is 0.152. The Labute approximate surface area is 185 Å². The molecule has 0 unspecified atom stereocenters. The highest BCUT2D eigenvalue weighted by Crippen LogP contribution is 2.27. The van der Waals surface area contributed by atoms with Crippen molar-refractivity contribution in [2.45, 2.75) is 23.1 Å². The Kier molecular flexibility index (Phi) is 6.80. The van der Waals surface area contributed by atoms with E-state index in [1.165, 1.54) is 9.79 Å². The fourth-order valence-corrected chi connectivity index (χ4v) is 5.47. The van der Waals surface area contributed by atoms with Gasteiger partial charge in [0, 0.05) is 12.0 Å². The SMILES string of the molecule is CCC(=O)ON=C(C[S+](c1ccccc1)c1ccccc1)c1cccc2ccccc12. The fourth-order valence-electron chi connectivity index (χ4n) is 3.41. The van der Waals surface area contributed by atoms with Gasteiger partial charge < -0.3 is 4.84 Å². The van der Waals surface area contributed by atoms with E-state index in [1.54, 1.807) is 6.92 Å². The Morgan fingerprint density at radius 2 is 1.35 bits per heavy atom. The van der Waals surface area contributed by atoms with Gasteiger partial charge in [0.05, 0.1) is 10.9 Å². The smallest absolute Gasteiger partial charge is 0.318 e. The molecule has 0 heterocycles. The van der Waals surface area contributed by atoms with Crippen LogP contribution in [0.5, 0.6) is 0 Å². The van der Waals surface area contributed by atoms with Gasteiger partial charge in [-0.25, -0.2) is 4.79 Å². The molecule has 0 fully saturated rings. The summed E-state index contributed by atoms with van der Waals surface area (Å²) < 4.78 is 0. The molecule has 0 aromatic heterocycles. The lowest BCUT2D eigenvalue weighted by Gasteiger charge is -2.12. The molecule has 0 N–H and O–H groups in total. The van der Waals surface area contributed by atoms with Gasteiger partial charge in [0.1, 0.15) is 5.71 Å². The molecule has 4 aromatic carbocycles. The van der Waals surface area contributed by atoms with Crippen molar-refractivity contribution in [3.63, 3.8) is 0 Å². The highest BCUT2D eigenvalue weighted by molar-refractivity contribution is 7.97. The number of nitrogens with zero attached hydrogens (tertiary/aromatic N) is 1. The number of hydrogen-bond donors (Lipinski definition) is 0. The highest BCUT2D eigenvalue weighted by Gasteiger charge is 2.29. The Morgan fingerprint density at radius 1 is 0.774 bits per heavy atom. The molecule has 0 amide bonds. The molecule has 4 heteroatoms. The second kappa shape index (κ2) is 10.1. The molecule has 0 bridgehead atoms. The van der Waals surface area contributed by atoms with Gasteiger partial charge in [-0.15, -0.1) is 0 Å². The summed E-state index contributed by atoms with van der Waals surface area (Å²) in [6.45, 7) is 1.77. The number of carbonyl (C=O) groups is 1. The minimum Gasteiger partial charge on any atom is -0.318 e. The van der Waals surface area contributed by atoms with Crippen molar-refractivity contribution in [2.24, 2.45) is 5.16 Å². The van der Waals surface area contributed by atoms with Crippen molar-refractivity contribution < 1.29 is 9.63 Å². The van der Waals surface area contributed by atoms with E-state index in [4.69, 9.17) is 4.84 Å². The van der Waals surface area contributed by atoms with Crippen molar-refractivity contribution in [3.05, 3.63) is 109 Å². The van der Waals surface area contributed by atoms with Crippen molar-refractivity contribution >= 4 is 33.3 Å². The zero-order valence-electron chi connectivity index (χ0n) is 17.4. The second-order valence-electron chi connectivity index (χ2n) is 7.04. The molecule has 0 aliphatic heterocycles. The third kappa shape index (κ3) is 5.04. The van der Waals surface area contributed by atoms with E-state index in [0.717, 1.165) is 22.0 Å². The molecule has 0 radical (unpaired) electrons. The van der Waals surface area contributed by atoms with Crippen LogP contribution in [0, 0.1) is 0 Å². The molecule has 0 saturated heterocycles. The van der Waals surface area contributed by atoms with Crippen LogP contribution in [-0.2, 0) is 20.5 Å². The Morgan fingerprint density at radius 3 is 2.00 bits per heavy atom. The Hall–Kier alpha value is -3.37. The zero-order valence-corrected chi connectivity index (χ0v) is 18.2. The van der Waals surface area contributed by atoms with Gasteiger partial charge in [-0.1, -0.05) is 90.9 Å². The summed E-state index contributed by atoms with van der Waals surface area (Å²) in [5.41, 5.74) is 1.76. The van der Waals surface area contributed by atoms with Crippen LogP contribution in [0.2, 0.25) is 0 Å². The molecular weight excluding hydrogens is 402 g/mol. The van der Waals surface area contributed by atoms with E-state index >= 15 is 0 Å². The van der Waals surface area contributed by atoms with E-state index in [0.29, 0.717) is 5.75 Å². The summed E-state index contributed by atoms with van der Waals surface area (Å²) >= 11 is 0. The summed E-state index contributed by atoms with van der Waals surface area (Å²) in [5, 5.41) is 6.61. The van der Waals surface area contributed by atoms with Crippen molar-refractivity contribution in [1.29, 1.82) is 0 Å². The standard InChI is InChI=1S/C27H24NO2S/c1-2-27(29)30-28-26(25-19-11-13-21-12-9-10-18-24(21)25)20-31(22-14-5-3-6-15-22)23-16-7-4-8-17-23/h3-19H,2,20H2,1H3/q+1. The maximum absolute atomic E-state index is 11.9. The van der Waals surface area contributed by atoms with Crippen LogP contribution in [-0.4, -0.2) is 17.4 Å². The summed E-state index contributed by atoms with van der Waals surface area (Å²) in [7, 11) is -0.263. The van der Waals surface area contributed by atoms with Gasteiger partial charge in [0.15, 0.2) is 15.5 Å². The van der Waals surface area contributed by atoms with E-state index in [-0.39, 0.29) is 23.3 Å². The molecule has 31 heavy (non-hydrogen) atoms. The van der Waals surface area contributed by atoms with Crippen LogP contribution in [0.3, 0.4) is 0 Å². The molecule has 154 valence electrons. The second-order valence-corrected chi connectivity index (χ2v) is 9.06. The lowest BCUT2D eigenvalue weighted by atomic mass is 10.0. The van der Waals surface area contributed by atoms with E-state index in [2.05, 4.69) is 78.0 Å². The summed E-state index contributed by atoms with van der Waals surface area (Å²) in [6.07, 6.45) is 0.287. The predicted octanol–water partition coefficient (Wildman–Crippen LogP) is 6.23. The molecule has 4 rings (SSSR count). The average Bonchev–Trinajstić information content (AvgIpc) is 2.85. The normalized spacial score (nSPS) is 11.6. The molecule has 0 spiro atoms. The highest BCUT2D eigenvalue weighted by atomic mass is 32.2. The third-order valence-corrected chi connectivity index (χ3v) is 7.23. The van der Waals surface area contributed by atoms with Crippen LogP contribution in [0.1, 0.15) is 18.9 Å². The van der Waals surface area contributed by atoms with Crippen LogP contribution in [0.4, 0.5) is 0 Å². The first-order valence-corrected chi connectivity index (χ1v) is 11.7. The molecular formula is C27H24NO2S+. The van der Waals surface area contributed by atoms with Crippen LogP contribution in [0.25, 0.3) is 10.8 Å². The van der Waals surface area contributed by atoms with Gasteiger partial charge in [-0.3, -0.25) is 0 Å². The zero-order chi connectivity index (χ0) is 21.5. The number of oxime groups is 1. The molecule has 0 aliphatic carbocycles. The van der Waals surface area contributed by atoms with Crippen molar-refractivity contribution in [2.75, 3.05) is 5.75 Å². The number of carbonyl (C=O) groups excluding carboxylic acids is 1. The maximum Gasteiger partial charge on any atom is 0.334 e. The van der Waals surface area contributed by atoms with Gasteiger partial charge in [-0.05, 0) is 35.0 Å². The minimum atomic E-state index is -0.336. The van der Waals surface area contributed by atoms with E-state index in [9.17, 15) is 4.79 Å². The van der Waals surface area contributed by atoms with E-state index < -0.39 is 0 Å². The number of fused-ring (bicyclic) bond motifs is 1. The first-order chi connectivity index (χ1) is 15.3. The summed E-state index contributed by atoms with van der Waals surface area (Å²) in [6, 6.07) is 35.3. The minimum absolute atomic E-state index is 0.263. The van der Waals surface area contributed by atoms with Gasteiger partial charge in [0.25, 0.3) is 0 Å². The number of hydrogen-bond acceptors (Lipinski definition) is 3.